The van der Waals surface area contributed by atoms with E-state index in [1.807, 2.05) is 12.1 Å². The van der Waals surface area contributed by atoms with Crippen LogP contribution in [0.25, 0.3) is 11.0 Å². The number of hydrogen-bond acceptors (Lipinski definition) is 4. The lowest BCUT2D eigenvalue weighted by molar-refractivity contribution is 0.120. The summed E-state index contributed by atoms with van der Waals surface area (Å²) in [7, 11) is 1.69. The Morgan fingerprint density at radius 1 is 1.11 bits per heavy atom. The molecule has 1 aromatic heterocycles. The highest BCUT2D eigenvalue weighted by molar-refractivity contribution is 6.34. The van der Waals surface area contributed by atoms with Crippen molar-refractivity contribution in [3.8, 4) is 5.75 Å². The Morgan fingerprint density at radius 3 is 2.59 bits per heavy atom. The number of fused-ring (bicyclic) bond motifs is 1. The maximum Gasteiger partial charge on any atom is 0.126 e. The Morgan fingerprint density at radius 2 is 1.85 bits per heavy atom. The van der Waals surface area contributed by atoms with Crippen LogP contribution in [-0.2, 0) is 13.1 Å². The van der Waals surface area contributed by atoms with E-state index in [9.17, 15) is 4.39 Å². The van der Waals surface area contributed by atoms with Crippen molar-refractivity contribution in [2.45, 2.75) is 13.1 Å². The monoisotopic (exact) mass is 388 g/mol. The number of H-pyrrole nitrogens is 1. The molecule has 0 unspecified atom stereocenters. The Bertz CT molecular complexity index is 937. The standard InChI is InChI=1S/C20H22ClFN4O/c1-27-16-4-2-3-14(9-16)12-25-5-7-26(8-6-25)13-19-23-18-11-15(22)10-17(21)20(18)24-19/h2-4,9-11H,5-8,12-13H2,1H3,(H,23,24). The van der Waals surface area contributed by atoms with Crippen molar-refractivity contribution in [2.75, 3.05) is 33.3 Å². The van der Waals surface area contributed by atoms with Gasteiger partial charge in [-0.2, -0.15) is 0 Å². The third-order valence-corrected chi connectivity index (χ3v) is 5.22. The molecule has 0 bridgehead atoms. The van der Waals surface area contributed by atoms with E-state index in [0.717, 1.165) is 44.3 Å². The molecule has 1 saturated heterocycles. The zero-order valence-electron chi connectivity index (χ0n) is 15.2. The Balaban J connectivity index is 1.35. The van der Waals surface area contributed by atoms with Gasteiger partial charge in [-0.25, -0.2) is 9.37 Å². The van der Waals surface area contributed by atoms with Crippen LogP contribution in [0.5, 0.6) is 5.75 Å². The van der Waals surface area contributed by atoms with Crippen molar-refractivity contribution in [1.29, 1.82) is 0 Å². The molecule has 0 amide bonds. The average molecular weight is 389 g/mol. The number of nitrogens with one attached hydrogen (secondary N) is 1. The minimum Gasteiger partial charge on any atom is -0.497 e. The summed E-state index contributed by atoms with van der Waals surface area (Å²) >= 11 is 6.08. The first-order valence-electron chi connectivity index (χ1n) is 9.02. The fourth-order valence-corrected chi connectivity index (χ4v) is 3.76. The van der Waals surface area contributed by atoms with Gasteiger partial charge in [0.25, 0.3) is 0 Å². The second-order valence-corrected chi connectivity index (χ2v) is 7.28. The molecule has 0 saturated carbocycles. The number of imidazole rings is 1. The van der Waals surface area contributed by atoms with Gasteiger partial charge in [-0.3, -0.25) is 9.80 Å². The lowest BCUT2D eigenvalue weighted by atomic mass is 10.2. The smallest absolute Gasteiger partial charge is 0.126 e. The number of methoxy groups -OCH3 is 1. The summed E-state index contributed by atoms with van der Waals surface area (Å²) in [5.41, 5.74) is 2.54. The predicted molar refractivity (Wildman–Crippen MR) is 105 cm³/mol. The number of hydrogen-bond donors (Lipinski definition) is 1. The first-order valence-corrected chi connectivity index (χ1v) is 9.40. The highest BCUT2D eigenvalue weighted by Gasteiger charge is 2.19. The van der Waals surface area contributed by atoms with Crippen molar-refractivity contribution in [2.24, 2.45) is 0 Å². The van der Waals surface area contributed by atoms with Crippen molar-refractivity contribution in [3.05, 3.63) is 58.6 Å². The average Bonchev–Trinajstić information content (AvgIpc) is 3.06. The van der Waals surface area contributed by atoms with Crippen LogP contribution >= 0.6 is 11.6 Å². The third-order valence-electron chi connectivity index (χ3n) is 4.93. The number of halogens is 2. The fraction of sp³-hybridized carbons (Fsp3) is 0.350. The molecule has 2 aromatic carbocycles. The lowest BCUT2D eigenvalue weighted by Gasteiger charge is -2.34. The number of benzene rings is 2. The van der Waals surface area contributed by atoms with Gasteiger partial charge < -0.3 is 9.72 Å². The van der Waals surface area contributed by atoms with Crippen LogP contribution in [0, 0.1) is 5.82 Å². The molecule has 1 N–H and O–H groups in total. The molecule has 0 radical (unpaired) electrons. The van der Waals surface area contributed by atoms with Gasteiger partial charge in [0, 0.05) is 32.7 Å². The van der Waals surface area contributed by atoms with Gasteiger partial charge in [0.15, 0.2) is 0 Å². The van der Waals surface area contributed by atoms with Crippen LogP contribution in [-0.4, -0.2) is 53.1 Å². The normalized spacial score (nSPS) is 16.1. The third kappa shape index (κ3) is 4.24. The minimum atomic E-state index is -0.353. The summed E-state index contributed by atoms with van der Waals surface area (Å²) in [6.07, 6.45) is 0. The number of nitrogens with zero attached hydrogens (tertiary/aromatic N) is 3. The van der Waals surface area contributed by atoms with E-state index in [-0.39, 0.29) is 5.82 Å². The summed E-state index contributed by atoms with van der Waals surface area (Å²) in [5, 5.41) is 0.343. The maximum atomic E-state index is 13.5. The van der Waals surface area contributed by atoms with E-state index in [0.29, 0.717) is 22.6 Å². The second-order valence-electron chi connectivity index (χ2n) is 6.87. The van der Waals surface area contributed by atoms with Crippen LogP contribution in [0.3, 0.4) is 0 Å². The molecule has 0 atom stereocenters. The van der Waals surface area contributed by atoms with E-state index >= 15 is 0 Å². The maximum absolute atomic E-state index is 13.5. The van der Waals surface area contributed by atoms with Gasteiger partial charge in [-0.15, -0.1) is 0 Å². The van der Waals surface area contributed by atoms with Crippen LogP contribution in [0.15, 0.2) is 36.4 Å². The Hall–Kier alpha value is -2.15. The molecule has 5 nitrogen and oxygen atoms in total. The van der Waals surface area contributed by atoms with Crippen LogP contribution in [0.2, 0.25) is 5.02 Å². The highest BCUT2D eigenvalue weighted by Crippen LogP contribution is 2.23. The van der Waals surface area contributed by atoms with E-state index < -0.39 is 0 Å². The minimum absolute atomic E-state index is 0.343. The summed E-state index contributed by atoms with van der Waals surface area (Å²) < 4.78 is 18.8. The number of aromatic amines is 1. The first-order chi connectivity index (χ1) is 13.1. The fourth-order valence-electron chi connectivity index (χ4n) is 3.51. The zero-order chi connectivity index (χ0) is 18.8. The quantitative estimate of drug-likeness (QED) is 0.724. The molecular weight excluding hydrogens is 367 g/mol. The predicted octanol–water partition coefficient (Wildman–Crippen LogP) is 3.68. The van der Waals surface area contributed by atoms with E-state index in [4.69, 9.17) is 16.3 Å². The van der Waals surface area contributed by atoms with E-state index in [1.54, 1.807) is 7.11 Å². The SMILES string of the molecule is COc1cccc(CN2CCN(Cc3nc4c(Cl)cc(F)cc4[nH]3)CC2)c1. The zero-order valence-corrected chi connectivity index (χ0v) is 16.0. The highest BCUT2D eigenvalue weighted by atomic mass is 35.5. The molecule has 1 aliphatic heterocycles. The molecule has 1 aliphatic rings. The van der Waals surface area contributed by atoms with Crippen LogP contribution < -0.4 is 4.74 Å². The molecule has 3 aromatic rings. The lowest BCUT2D eigenvalue weighted by Crippen LogP contribution is -2.45. The van der Waals surface area contributed by atoms with E-state index in [2.05, 4.69) is 31.9 Å². The molecule has 0 aliphatic carbocycles. The summed E-state index contributed by atoms with van der Waals surface area (Å²) in [4.78, 5) is 12.5. The first kappa shape index (κ1) is 18.2. The van der Waals surface area contributed by atoms with E-state index in [1.165, 1.54) is 17.7 Å². The van der Waals surface area contributed by atoms with Gasteiger partial charge in [0.05, 0.1) is 24.2 Å². The molecule has 7 heteroatoms. The van der Waals surface area contributed by atoms with Crippen molar-refractivity contribution >= 4 is 22.6 Å². The molecule has 4 rings (SSSR count). The number of piperazine rings is 1. The van der Waals surface area contributed by atoms with Crippen LogP contribution in [0.1, 0.15) is 11.4 Å². The van der Waals surface area contributed by atoms with Crippen molar-refractivity contribution in [3.63, 3.8) is 0 Å². The number of aromatic nitrogens is 2. The molecular formula is C20H22ClFN4O. The summed E-state index contributed by atoms with van der Waals surface area (Å²) in [5.74, 6) is 1.36. The van der Waals surface area contributed by atoms with Gasteiger partial charge in [-0.05, 0) is 29.8 Å². The molecule has 27 heavy (non-hydrogen) atoms. The Kier molecular flexibility index (Phi) is 5.29. The second kappa shape index (κ2) is 7.84. The van der Waals surface area contributed by atoms with Crippen molar-refractivity contribution in [1.82, 2.24) is 19.8 Å². The molecule has 1 fully saturated rings. The van der Waals surface area contributed by atoms with Gasteiger partial charge in [-0.1, -0.05) is 23.7 Å². The number of rotatable bonds is 5. The summed E-state index contributed by atoms with van der Waals surface area (Å²) in [6, 6.07) is 10.9. The van der Waals surface area contributed by atoms with Gasteiger partial charge >= 0.3 is 0 Å². The molecule has 0 spiro atoms. The largest absolute Gasteiger partial charge is 0.497 e. The Labute approximate surface area is 162 Å². The number of ether oxygens (including phenoxy) is 1. The van der Waals surface area contributed by atoms with Gasteiger partial charge in [0.2, 0.25) is 0 Å². The van der Waals surface area contributed by atoms with Crippen LogP contribution in [0.4, 0.5) is 4.39 Å². The topological polar surface area (TPSA) is 44.4 Å². The molecule has 2 heterocycles. The summed E-state index contributed by atoms with van der Waals surface area (Å²) in [6.45, 7) is 5.54. The van der Waals surface area contributed by atoms with Crippen molar-refractivity contribution < 1.29 is 9.13 Å². The molecule has 142 valence electrons. The van der Waals surface area contributed by atoms with Gasteiger partial charge in [0.1, 0.15) is 22.9 Å².